The van der Waals surface area contributed by atoms with E-state index in [-0.39, 0.29) is 5.75 Å². The normalized spacial score (nSPS) is 11.6. The predicted molar refractivity (Wildman–Crippen MR) is 114 cm³/mol. The van der Waals surface area contributed by atoms with E-state index in [0.717, 1.165) is 48.3 Å². The number of rotatable bonds is 1. The number of halogens is 2. The summed E-state index contributed by atoms with van der Waals surface area (Å²) in [6.45, 7) is 0. The van der Waals surface area contributed by atoms with Crippen LogP contribution < -0.4 is 0 Å². The van der Waals surface area contributed by atoms with Gasteiger partial charge in [-0.1, -0.05) is 48.5 Å². The maximum atomic E-state index is 9.92. The van der Waals surface area contributed by atoms with Crippen molar-refractivity contribution in [2.75, 3.05) is 0 Å². The highest BCUT2D eigenvalue weighted by Gasteiger charge is 2.20. The Balaban J connectivity index is 2.07. The van der Waals surface area contributed by atoms with Crippen LogP contribution in [-0.2, 0) is 0 Å². The molecule has 1 aromatic heterocycles. The number of furan rings is 1. The molecule has 0 aliphatic heterocycles. The minimum Gasteiger partial charge on any atom is -0.507 e. The molecule has 0 spiro atoms. The molecule has 126 valence electrons. The van der Waals surface area contributed by atoms with Gasteiger partial charge in [0.05, 0.1) is 8.95 Å². The molecular weight excluding hydrogens is 456 g/mol. The zero-order valence-corrected chi connectivity index (χ0v) is 16.6. The number of benzene rings is 4. The first-order valence-electron chi connectivity index (χ1n) is 8.15. The van der Waals surface area contributed by atoms with Crippen LogP contribution in [0.3, 0.4) is 0 Å². The van der Waals surface area contributed by atoms with Gasteiger partial charge in [0.1, 0.15) is 11.3 Å². The van der Waals surface area contributed by atoms with Gasteiger partial charge in [0, 0.05) is 21.7 Å². The van der Waals surface area contributed by atoms with Crippen molar-refractivity contribution in [1.29, 1.82) is 0 Å². The van der Waals surface area contributed by atoms with Gasteiger partial charge in [-0.15, -0.1) is 0 Å². The molecule has 0 aliphatic carbocycles. The SMILES string of the molecule is Oc1ccc(-c2c3ccccc3c(Br)c3oc4ccccc4c23)cc1Br. The van der Waals surface area contributed by atoms with E-state index in [1.807, 2.05) is 42.5 Å². The average Bonchev–Trinajstić information content (AvgIpc) is 3.05. The molecule has 5 aromatic rings. The summed E-state index contributed by atoms with van der Waals surface area (Å²) in [5.41, 5.74) is 3.82. The Morgan fingerprint density at radius 1 is 0.769 bits per heavy atom. The van der Waals surface area contributed by atoms with Crippen molar-refractivity contribution in [3.8, 4) is 16.9 Å². The van der Waals surface area contributed by atoms with E-state index in [0.29, 0.717) is 4.47 Å². The molecule has 0 saturated carbocycles. The van der Waals surface area contributed by atoms with Crippen molar-refractivity contribution in [2.45, 2.75) is 0 Å². The van der Waals surface area contributed by atoms with Crippen molar-refractivity contribution in [1.82, 2.24) is 0 Å². The Labute approximate surface area is 166 Å². The Bertz CT molecular complexity index is 1320. The first-order chi connectivity index (χ1) is 12.6. The van der Waals surface area contributed by atoms with Gasteiger partial charge in [-0.05, 0) is 61.0 Å². The van der Waals surface area contributed by atoms with Crippen LogP contribution in [0.1, 0.15) is 0 Å². The number of phenols is 1. The molecule has 26 heavy (non-hydrogen) atoms. The van der Waals surface area contributed by atoms with E-state index in [1.165, 1.54) is 0 Å². The van der Waals surface area contributed by atoms with E-state index >= 15 is 0 Å². The number of fused-ring (bicyclic) bond motifs is 4. The zero-order valence-electron chi connectivity index (χ0n) is 13.5. The minimum absolute atomic E-state index is 0.225. The lowest BCUT2D eigenvalue weighted by atomic mass is 9.93. The molecule has 0 atom stereocenters. The first kappa shape index (κ1) is 15.9. The lowest BCUT2D eigenvalue weighted by Gasteiger charge is -2.12. The fourth-order valence-electron chi connectivity index (χ4n) is 3.56. The molecule has 1 heterocycles. The molecule has 0 fully saturated rings. The second-order valence-corrected chi connectivity index (χ2v) is 7.85. The third-order valence-corrected chi connectivity index (χ3v) is 6.14. The van der Waals surface area contributed by atoms with Gasteiger partial charge >= 0.3 is 0 Å². The third kappa shape index (κ3) is 2.22. The largest absolute Gasteiger partial charge is 0.507 e. The molecule has 4 heteroatoms. The summed E-state index contributed by atoms with van der Waals surface area (Å²) in [7, 11) is 0. The van der Waals surface area contributed by atoms with E-state index in [1.54, 1.807) is 6.07 Å². The summed E-state index contributed by atoms with van der Waals surface area (Å²) in [5.74, 6) is 0.225. The molecule has 0 aliphatic rings. The summed E-state index contributed by atoms with van der Waals surface area (Å²) in [4.78, 5) is 0. The molecule has 0 radical (unpaired) electrons. The highest BCUT2D eigenvalue weighted by molar-refractivity contribution is 9.11. The Hall–Kier alpha value is -2.30. The number of para-hydroxylation sites is 1. The van der Waals surface area contributed by atoms with Gasteiger partial charge in [-0.25, -0.2) is 0 Å². The third-order valence-electron chi connectivity index (χ3n) is 4.71. The van der Waals surface area contributed by atoms with Crippen LogP contribution in [0, 0.1) is 0 Å². The monoisotopic (exact) mass is 466 g/mol. The van der Waals surface area contributed by atoms with Crippen LogP contribution in [0.15, 0.2) is 80.1 Å². The lowest BCUT2D eigenvalue weighted by Crippen LogP contribution is -1.86. The van der Waals surface area contributed by atoms with Gasteiger partial charge in [0.25, 0.3) is 0 Å². The summed E-state index contributed by atoms with van der Waals surface area (Å²) < 4.78 is 7.83. The van der Waals surface area contributed by atoms with E-state index < -0.39 is 0 Å². The molecule has 0 amide bonds. The van der Waals surface area contributed by atoms with Crippen molar-refractivity contribution >= 4 is 64.6 Å². The Morgan fingerprint density at radius 2 is 1.46 bits per heavy atom. The molecule has 0 saturated heterocycles. The average molecular weight is 468 g/mol. The molecule has 0 bridgehead atoms. The number of hydrogen-bond acceptors (Lipinski definition) is 2. The van der Waals surface area contributed by atoms with Crippen molar-refractivity contribution in [3.05, 3.63) is 75.7 Å². The van der Waals surface area contributed by atoms with Crippen LogP contribution in [0.4, 0.5) is 0 Å². The van der Waals surface area contributed by atoms with Gasteiger partial charge < -0.3 is 9.52 Å². The van der Waals surface area contributed by atoms with Crippen molar-refractivity contribution < 1.29 is 9.52 Å². The van der Waals surface area contributed by atoms with Crippen LogP contribution in [-0.4, -0.2) is 5.11 Å². The second-order valence-electron chi connectivity index (χ2n) is 6.20. The van der Waals surface area contributed by atoms with Gasteiger partial charge in [-0.2, -0.15) is 0 Å². The molecule has 1 N–H and O–H groups in total. The summed E-state index contributed by atoms with van der Waals surface area (Å²) in [6, 6.07) is 22.0. The lowest BCUT2D eigenvalue weighted by molar-refractivity contribution is 0.472. The summed E-state index contributed by atoms with van der Waals surface area (Å²) in [6.07, 6.45) is 0. The molecule has 2 nitrogen and oxygen atoms in total. The van der Waals surface area contributed by atoms with Crippen LogP contribution in [0.25, 0.3) is 43.8 Å². The number of hydrogen-bond donors (Lipinski definition) is 1. The minimum atomic E-state index is 0.225. The Kier molecular flexibility index (Phi) is 3.59. The summed E-state index contributed by atoms with van der Waals surface area (Å²) in [5, 5.41) is 14.3. The second kappa shape index (κ2) is 5.86. The summed E-state index contributed by atoms with van der Waals surface area (Å²) >= 11 is 7.19. The van der Waals surface area contributed by atoms with Gasteiger partial charge in [0.15, 0.2) is 5.58 Å². The van der Waals surface area contributed by atoms with Gasteiger partial charge in [0.2, 0.25) is 0 Å². The number of phenolic OH excluding ortho intramolecular Hbond substituents is 1. The van der Waals surface area contributed by atoms with Crippen molar-refractivity contribution in [3.63, 3.8) is 0 Å². The number of aromatic hydroxyl groups is 1. The quantitative estimate of drug-likeness (QED) is 0.274. The Morgan fingerprint density at radius 3 is 2.23 bits per heavy atom. The maximum absolute atomic E-state index is 9.92. The fourth-order valence-corrected chi connectivity index (χ4v) is 4.56. The molecule has 5 rings (SSSR count). The van der Waals surface area contributed by atoms with E-state index in [4.69, 9.17) is 4.42 Å². The smallest absolute Gasteiger partial charge is 0.150 e. The predicted octanol–water partition coefficient (Wildman–Crippen LogP) is 7.64. The zero-order chi connectivity index (χ0) is 17.8. The van der Waals surface area contributed by atoms with Crippen LogP contribution in [0.2, 0.25) is 0 Å². The molecular formula is C22H12Br2O2. The first-order valence-corrected chi connectivity index (χ1v) is 9.74. The fraction of sp³-hybridized carbons (Fsp3) is 0. The van der Waals surface area contributed by atoms with Gasteiger partial charge in [-0.3, -0.25) is 0 Å². The molecule has 4 aromatic carbocycles. The highest BCUT2D eigenvalue weighted by Crippen LogP contribution is 2.46. The maximum Gasteiger partial charge on any atom is 0.150 e. The van der Waals surface area contributed by atoms with Crippen molar-refractivity contribution in [2.24, 2.45) is 0 Å². The van der Waals surface area contributed by atoms with Crippen LogP contribution in [0.5, 0.6) is 5.75 Å². The van der Waals surface area contributed by atoms with E-state index in [9.17, 15) is 5.11 Å². The van der Waals surface area contributed by atoms with Crippen LogP contribution >= 0.6 is 31.9 Å². The topological polar surface area (TPSA) is 33.4 Å². The molecule has 0 unspecified atom stereocenters. The highest BCUT2D eigenvalue weighted by atomic mass is 79.9. The van der Waals surface area contributed by atoms with E-state index in [2.05, 4.69) is 50.1 Å². The standard InChI is InChI=1S/C22H12Br2O2/c23-16-11-12(9-10-17(16)25)19-13-5-1-2-6-14(13)21(24)22-20(19)15-7-3-4-8-18(15)26-22/h1-11,25H.